The number of anilines is 1. The molecule has 4 heteroatoms. The van der Waals surface area contributed by atoms with Gasteiger partial charge < -0.3 is 15.1 Å². The minimum Gasteiger partial charge on any atom is -0.469 e. The van der Waals surface area contributed by atoms with Crippen LogP contribution in [0.3, 0.4) is 0 Å². The Morgan fingerprint density at radius 1 is 1.30 bits per heavy atom. The molecular formula is C16H18N2O2. The molecule has 2 heterocycles. The first kappa shape index (κ1) is 12.9. The summed E-state index contributed by atoms with van der Waals surface area (Å²) < 4.78 is 5.27. The molecule has 1 aromatic heterocycles. The summed E-state index contributed by atoms with van der Waals surface area (Å²) in [6.07, 6.45) is 3.53. The lowest BCUT2D eigenvalue weighted by Crippen LogP contribution is -2.38. The second-order valence-electron chi connectivity index (χ2n) is 5.08. The molecule has 20 heavy (non-hydrogen) atoms. The number of para-hydroxylation sites is 1. The highest BCUT2D eigenvalue weighted by Gasteiger charge is 2.26. The highest BCUT2D eigenvalue weighted by Crippen LogP contribution is 2.32. The molecule has 0 saturated carbocycles. The zero-order valence-corrected chi connectivity index (χ0v) is 11.3. The maximum absolute atomic E-state index is 12.4. The predicted molar refractivity (Wildman–Crippen MR) is 77.4 cm³/mol. The van der Waals surface area contributed by atoms with Gasteiger partial charge in [-0.1, -0.05) is 18.2 Å². The molecule has 1 aliphatic heterocycles. The Balaban J connectivity index is 1.74. The standard InChI is InChI=1S/C16H18N2O2/c17-14-9-10-18(15-6-2-1-5-13(14)15)16(19)8-7-12-4-3-11-20-12/h1-6,11,14H,7-10,17H2. The fraction of sp³-hybridized carbons (Fsp3) is 0.312. The first-order valence-electron chi connectivity index (χ1n) is 6.93. The number of nitrogens with zero attached hydrogens (tertiary/aromatic N) is 1. The molecule has 0 spiro atoms. The minimum atomic E-state index is 0.0281. The quantitative estimate of drug-likeness (QED) is 0.932. The summed E-state index contributed by atoms with van der Waals surface area (Å²) in [5.41, 5.74) is 8.12. The first-order chi connectivity index (χ1) is 9.75. The van der Waals surface area contributed by atoms with Crippen molar-refractivity contribution in [2.45, 2.75) is 25.3 Å². The summed E-state index contributed by atoms with van der Waals surface area (Å²) in [7, 11) is 0. The molecule has 1 atom stereocenters. The van der Waals surface area contributed by atoms with E-state index in [9.17, 15) is 4.79 Å². The minimum absolute atomic E-state index is 0.0281. The second kappa shape index (κ2) is 5.51. The van der Waals surface area contributed by atoms with Gasteiger partial charge in [-0.25, -0.2) is 0 Å². The van der Waals surface area contributed by atoms with Crippen LogP contribution in [0.1, 0.15) is 30.2 Å². The van der Waals surface area contributed by atoms with Crippen molar-refractivity contribution in [3.05, 3.63) is 54.0 Å². The summed E-state index contributed by atoms with van der Waals surface area (Å²) in [6.45, 7) is 0.690. The van der Waals surface area contributed by atoms with Gasteiger partial charge in [0.15, 0.2) is 0 Å². The van der Waals surface area contributed by atoms with Crippen LogP contribution in [0.2, 0.25) is 0 Å². The van der Waals surface area contributed by atoms with E-state index in [-0.39, 0.29) is 11.9 Å². The summed E-state index contributed by atoms with van der Waals surface area (Å²) in [5.74, 6) is 0.973. The molecule has 104 valence electrons. The highest BCUT2D eigenvalue weighted by molar-refractivity contribution is 5.94. The fourth-order valence-electron chi connectivity index (χ4n) is 2.67. The largest absolute Gasteiger partial charge is 0.469 e. The zero-order valence-electron chi connectivity index (χ0n) is 11.3. The van der Waals surface area contributed by atoms with Crippen molar-refractivity contribution in [3.8, 4) is 0 Å². The number of nitrogens with two attached hydrogens (primary N) is 1. The van der Waals surface area contributed by atoms with Gasteiger partial charge in [0.1, 0.15) is 5.76 Å². The van der Waals surface area contributed by atoms with Crippen molar-refractivity contribution in [1.82, 2.24) is 0 Å². The van der Waals surface area contributed by atoms with Crippen LogP contribution in [0, 0.1) is 0 Å². The van der Waals surface area contributed by atoms with Crippen molar-refractivity contribution in [2.75, 3.05) is 11.4 Å². The normalized spacial score (nSPS) is 17.9. The Bertz CT molecular complexity index is 592. The molecule has 1 amide bonds. The van der Waals surface area contributed by atoms with Gasteiger partial charge in [0.2, 0.25) is 5.91 Å². The van der Waals surface area contributed by atoms with Crippen LogP contribution in [0.15, 0.2) is 47.1 Å². The number of carbonyl (C=O) groups excluding carboxylic acids is 1. The van der Waals surface area contributed by atoms with E-state index in [2.05, 4.69) is 0 Å². The number of aryl methyl sites for hydroxylation is 1. The van der Waals surface area contributed by atoms with Gasteiger partial charge in [-0.15, -0.1) is 0 Å². The number of benzene rings is 1. The molecule has 0 bridgehead atoms. The first-order valence-corrected chi connectivity index (χ1v) is 6.93. The van der Waals surface area contributed by atoms with Crippen LogP contribution in [0.5, 0.6) is 0 Å². The lowest BCUT2D eigenvalue weighted by Gasteiger charge is -2.32. The van der Waals surface area contributed by atoms with Gasteiger partial charge in [0.05, 0.1) is 6.26 Å². The van der Waals surface area contributed by atoms with E-state index in [1.165, 1.54) is 0 Å². The molecule has 0 fully saturated rings. The summed E-state index contributed by atoms with van der Waals surface area (Å²) in [6, 6.07) is 11.7. The lowest BCUT2D eigenvalue weighted by molar-refractivity contribution is -0.118. The average Bonchev–Trinajstić information content (AvgIpc) is 2.99. The maximum Gasteiger partial charge on any atom is 0.227 e. The van der Waals surface area contributed by atoms with Gasteiger partial charge in [0.25, 0.3) is 0 Å². The summed E-state index contributed by atoms with van der Waals surface area (Å²) >= 11 is 0. The smallest absolute Gasteiger partial charge is 0.227 e. The number of carbonyl (C=O) groups is 1. The molecule has 1 aromatic carbocycles. The lowest BCUT2D eigenvalue weighted by atomic mass is 9.97. The fourth-order valence-corrected chi connectivity index (χ4v) is 2.67. The predicted octanol–water partition coefficient (Wildman–Crippen LogP) is 2.65. The van der Waals surface area contributed by atoms with E-state index >= 15 is 0 Å². The van der Waals surface area contributed by atoms with E-state index in [4.69, 9.17) is 10.2 Å². The molecule has 2 N–H and O–H groups in total. The van der Waals surface area contributed by atoms with E-state index < -0.39 is 0 Å². The Labute approximate surface area is 118 Å². The monoisotopic (exact) mass is 270 g/mol. The van der Waals surface area contributed by atoms with Crippen molar-refractivity contribution in [2.24, 2.45) is 5.73 Å². The number of fused-ring (bicyclic) bond motifs is 1. The van der Waals surface area contributed by atoms with Gasteiger partial charge in [-0.05, 0) is 30.2 Å². The summed E-state index contributed by atoms with van der Waals surface area (Å²) in [5, 5.41) is 0. The molecule has 4 nitrogen and oxygen atoms in total. The van der Waals surface area contributed by atoms with Crippen LogP contribution in [-0.4, -0.2) is 12.5 Å². The van der Waals surface area contributed by atoms with Gasteiger partial charge in [-0.2, -0.15) is 0 Å². The SMILES string of the molecule is NC1CCN(C(=O)CCc2ccco2)c2ccccc21. The maximum atomic E-state index is 12.4. The van der Waals surface area contributed by atoms with E-state index in [0.29, 0.717) is 19.4 Å². The summed E-state index contributed by atoms with van der Waals surface area (Å²) in [4.78, 5) is 14.3. The van der Waals surface area contributed by atoms with Crippen LogP contribution in [0.25, 0.3) is 0 Å². The van der Waals surface area contributed by atoms with Crippen molar-refractivity contribution >= 4 is 11.6 Å². The Morgan fingerprint density at radius 2 is 2.15 bits per heavy atom. The molecule has 1 aliphatic rings. The zero-order chi connectivity index (χ0) is 13.9. The Hall–Kier alpha value is -2.07. The van der Waals surface area contributed by atoms with Crippen LogP contribution in [0.4, 0.5) is 5.69 Å². The number of rotatable bonds is 3. The van der Waals surface area contributed by atoms with E-state index in [0.717, 1.165) is 23.4 Å². The van der Waals surface area contributed by atoms with E-state index in [1.54, 1.807) is 6.26 Å². The van der Waals surface area contributed by atoms with Crippen LogP contribution in [-0.2, 0) is 11.2 Å². The topological polar surface area (TPSA) is 59.5 Å². The van der Waals surface area contributed by atoms with Crippen LogP contribution >= 0.6 is 0 Å². The van der Waals surface area contributed by atoms with Crippen molar-refractivity contribution in [1.29, 1.82) is 0 Å². The molecule has 2 aromatic rings. The third kappa shape index (κ3) is 2.47. The number of hydrogen-bond donors (Lipinski definition) is 1. The Kier molecular flexibility index (Phi) is 3.56. The molecule has 0 radical (unpaired) electrons. The second-order valence-corrected chi connectivity index (χ2v) is 5.08. The van der Waals surface area contributed by atoms with Crippen LogP contribution < -0.4 is 10.6 Å². The van der Waals surface area contributed by atoms with Crippen molar-refractivity contribution < 1.29 is 9.21 Å². The molecule has 0 aliphatic carbocycles. The number of hydrogen-bond acceptors (Lipinski definition) is 3. The highest BCUT2D eigenvalue weighted by atomic mass is 16.3. The molecule has 1 unspecified atom stereocenters. The third-order valence-electron chi connectivity index (χ3n) is 3.76. The third-order valence-corrected chi connectivity index (χ3v) is 3.76. The average molecular weight is 270 g/mol. The van der Waals surface area contributed by atoms with Gasteiger partial charge in [-0.3, -0.25) is 4.79 Å². The van der Waals surface area contributed by atoms with E-state index in [1.807, 2.05) is 41.3 Å². The van der Waals surface area contributed by atoms with Gasteiger partial charge in [0, 0.05) is 31.1 Å². The Morgan fingerprint density at radius 3 is 2.95 bits per heavy atom. The molecule has 0 saturated heterocycles. The number of furan rings is 1. The number of amides is 1. The molecule has 3 rings (SSSR count). The van der Waals surface area contributed by atoms with Crippen molar-refractivity contribution in [3.63, 3.8) is 0 Å². The molecular weight excluding hydrogens is 252 g/mol. The van der Waals surface area contributed by atoms with Gasteiger partial charge >= 0.3 is 0 Å².